The van der Waals surface area contributed by atoms with Gasteiger partial charge >= 0.3 is 11.9 Å². The molecule has 5 nitrogen and oxygen atoms in total. The number of aromatic nitrogens is 1. The highest BCUT2D eigenvalue weighted by Gasteiger charge is 2.13. The Balaban J connectivity index is 2.61. The lowest BCUT2D eigenvalue weighted by Crippen LogP contribution is -2.24. The molecule has 5 heteroatoms. The molecule has 0 fully saturated rings. The second-order valence-corrected chi connectivity index (χ2v) is 3.25. The van der Waals surface area contributed by atoms with E-state index in [1.807, 2.05) is 6.07 Å². The van der Waals surface area contributed by atoms with E-state index in [0.29, 0.717) is 5.82 Å². The molecule has 0 unspecified atom stereocenters. The zero-order valence-corrected chi connectivity index (χ0v) is 9.32. The van der Waals surface area contributed by atoms with Gasteiger partial charge in [-0.25, -0.2) is 9.78 Å². The molecule has 1 N–H and O–H groups in total. The topological polar surface area (TPSA) is 68.3 Å². The summed E-state index contributed by atoms with van der Waals surface area (Å²) in [5, 5.41) is 2.34. The van der Waals surface area contributed by atoms with E-state index in [2.05, 4.69) is 22.0 Å². The smallest absolute Gasteiger partial charge is 0.396 e. The Morgan fingerprint density at radius 2 is 2.19 bits per heavy atom. The van der Waals surface area contributed by atoms with E-state index in [-0.39, 0.29) is 0 Å². The van der Waals surface area contributed by atoms with Crippen molar-refractivity contribution in [2.24, 2.45) is 0 Å². The van der Waals surface area contributed by atoms with Crippen LogP contribution in [0.25, 0.3) is 0 Å². The van der Waals surface area contributed by atoms with Crippen LogP contribution < -0.4 is 5.32 Å². The minimum absolute atomic E-state index is 0.343. The second kappa shape index (κ2) is 5.85. The van der Waals surface area contributed by atoms with Crippen molar-refractivity contribution in [2.75, 3.05) is 12.4 Å². The summed E-state index contributed by atoms with van der Waals surface area (Å²) in [7, 11) is 1.15. The van der Waals surface area contributed by atoms with Gasteiger partial charge in [-0.3, -0.25) is 4.79 Å². The first-order valence-corrected chi connectivity index (χ1v) is 5.01. The van der Waals surface area contributed by atoms with Crippen molar-refractivity contribution in [3.63, 3.8) is 0 Å². The molecule has 0 bridgehead atoms. The Morgan fingerprint density at radius 1 is 1.44 bits per heavy atom. The molecule has 1 amide bonds. The normalized spacial score (nSPS) is 9.62. The number of nitrogens with zero attached hydrogens (tertiary/aromatic N) is 1. The Kier molecular flexibility index (Phi) is 4.44. The minimum Gasteiger partial charge on any atom is -0.462 e. The third kappa shape index (κ3) is 3.34. The standard InChI is InChI=1S/C11H14N2O3/c1-3-4-8-5-6-9(12-7-8)13-10(14)11(15)16-2/h5-7H,3-4H2,1-2H3,(H,12,13,14). The van der Waals surface area contributed by atoms with Crippen molar-refractivity contribution < 1.29 is 14.3 Å². The summed E-state index contributed by atoms with van der Waals surface area (Å²) in [5.74, 6) is -1.41. The van der Waals surface area contributed by atoms with E-state index in [1.54, 1.807) is 12.3 Å². The van der Waals surface area contributed by atoms with Gasteiger partial charge in [-0.1, -0.05) is 19.4 Å². The summed E-state index contributed by atoms with van der Waals surface area (Å²) < 4.78 is 4.27. The van der Waals surface area contributed by atoms with Crippen molar-refractivity contribution in [3.8, 4) is 0 Å². The fourth-order valence-corrected chi connectivity index (χ4v) is 1.20. The van der Waals surface area contributed by atoms with Crippen LogP contribution in [0, 0.1) is 0 Å². The number of anilines is 1. The number of hydrogen-bond donors (Lipinski definition) is 1. The van der Waals surface area contributed by atoms with Crippen molar-refractivity contribution in [3.05, 3.63) is 23.9 Å². The lowest BCUT2D eigenvalue weighted by atomic mass is 10.2. The van der Waals surface area contributed by atoms with Gasteiger partial charge in [0.15, 0.2) is 0 Å². The lowest BCUT2D eigenvalue weighted by molar-refractivity contribution is -0.150. The van der Waals surface area contributed by atoms with Crippen LogP contribution in [0.2, 0.25) is 0 Å². The van der Waals surface area contributed by atoms with Gasteiger partial charge in [0.05, 0.1) is 7.11 Å². The maximum absolute atomic E-state index is 11.1. The van der Waals surface area contributed by atoms with Crippen LogP contribution in [-0.2, 0) is 20.7 Å². The number of methoxy groups -OCH3 is 1. The molecule has 0 aliphatic heterocycles. The number of hydrogen-bond acceptors (Lipinski definition) is 4. The third-order valence-electron chi connectivity index (χ3n) is 1.98. The van der Waals surface area contributed by atoms with Gasteiger partial charge in [0.1, 0.15) is 5.82 Å². The van der Waals surface area contributed by atoms with E-state index >= 15 is 0 Å². The number of esters is 1. The number of carbonyl (C=O) groups excluding carboxylic acids is 2. The van der Waals surface area contributed by atoms with Gasteiger partial charge in [-0.2, -0.15) is 0 Å². The third-order valence-corrected chi connectivity index (χ3v) is 1.98. The van der Waals surface area contributed by atoms with E-state index in [9.17, 15) is 9.59 Å². The zero-order valence-electron chi connectivity index (χ0n) is 9.32. The Morgan fingerprint density at radius 3 is 2.69 bits per heavy atom. The molecule has 0 saturated carbocycles. The summed E-state index contributed by atoms with van der Waals surface area (Å²) in [6.45, 7) is 2.08. The number of aryl methyl sites for hydroxylation is 1. The monoisotopic (exact) mass is 222 g/mol. The molecule has 16 heavy (non-hydrogen) atoms. The lowest BCUT2D eigenvalue weighted by Gasteiger charge is -2.03. The number of ether oxygens (including phenoxy) is 1. The van der Waals surface area contributed by atoms with Crippen LogP contribution >= 0.6 is 0 Å². The Bertz CT molecular complexity index is 373. The predicted molar refractivity (Wildman–Crippen MR) is 58.9 cm³/mol. The molecule has 0 aromatic carbocycles. The molecular formula is C11H14N2O3. The van der Waals surface area contributed by atoms with Gasteiger partial charge in [-0.05, 0) is 18.1 Å². The number of rotatable bonds is 3. The van der Waals surface area contributed by atoms with Gasteiger partial charge < -0.3 is 10.1 Å². The first kappa shape index (κ1) is 12.2. The van der Waals surface area contributed by atoms with Crippen LogP contribution in [0.4, 0.5) is 5.82 Å². The van der Waals surface area contributed by atoms with E-state index in [1.165, 1.54) is 0 Å². The molecular weight excluding hydrogens is 208 g/mol. The SMILES string of the molecule is CCCc1ccc(NC(=O)C(=O)OC)nc1. The summed E-state index contributed by atoms with van der Waals surface area (Å²) in [6.07, 6.45) is 3.66. The maximum atomic E-state index is 11.1. The van der Waals surface area contributed by atoms with Crippen LogP contribution in [0.15, 0.2) is 18.3 Å². The van der Waals surface area contributed by atoms with Crippen molar-refractivity contribution in [2.45, 2.75) is 19.8 Å². The molecule has 0 radical (unpaired) electrons. The first-order chi connectivity index (χ1) is 7.67. The van der Waals surface area contributed by atoms with Crippen molar-refractivity contribution in [1.82, 2.24) is 4.98 Å². The van der Waals surface area contributed by atoms with Gasteiger partial charge in [-0.15, -0.1) is 0 Å². The minimum atomic E-state index is -0.931. The fourth-order valence-electron chi connectivity index (χ4n) is 1.20. The van der Waals surface area contributed by atoms with E-state index in [4.69, 9.17) is 0 Å². The van der Waals surface area contributed by atoms with Crippen molar-refractivity contribution in [1.29, 1.82) is 0 Å². The van der Waals surface area contributed by atoms with Gasteiger partial charge in [0.2, 0.25) is 0 Å². The maximum Gasteiger partial charge on any atom is 0.396 e. The highest BCUT2D eigenvalue weighted by Crippen LogP contribution is 2.06. The quantitative estimate of drug-likeness (QED) is 0.615. The largest absolute Gasteiger partial charge is 0.462 e. The summed E-state index contributed by atoms with van der Waals surface area (Å²) in [5.41, 5.74) is 1.10. The number of pyridine rings is 1. The molecule has 86 valence electrons. The molecule has 1 aromatic rings. The molecule has 0 atom stereocenters. The molecule has 0 spiro atoms. The summed E-state index contributed by atoms with van der Waals surface area (Å²) in [6, 6.07) is 3.52. The molecule has 1 aromatic heterocycles. The molecule has 1 rings (SSSR count). The highest BCUT2D eigenvalue weighted by atomic mass is 16.5. The van der Waals surface area contributed by atoms with Crippen LogP contribution in [0.5, 0.6) is 0 Å². The second-order valence-electron chi connectivity index (χ2n) is 3.25. The Hall–Kier alpha value is -1.91. The van der Waals surface area contributed by atoms with E-state index in [0.717, 1.165) is 25.5 Å². The Labute approximate surface area is 93.8 Å². The first-order valence-electron chi connectivity index (χ1n) is 5.01. The van der Waals surface area contributed by atoms with Crippen LogP contribution in [-0.4, -0.2) is 24.0 Å². The predicted octanol–water partition coefficient (Wildman–Crippen LogP) is 1.15. The highest BCUT2D eigenvalue weighted by molar-refractivity contribution is 6.37. The van der Waals surface area contributed by atoms with E-state index < -0.39 is 11.9 Å². The molecule has 1 heterocycles. The van der Waals surface area contributed by atoms with Gasteiger partial charge in [0.25, 0.3) is 0 Å². The molecule has 0 aliphatic carbocycles. The molecule has 0 saturated heterocycles. The summed E-state index contributed by atoms with van der Waals surface area (Å²) in [4.78, 5) is 26.0. The fraction of sp³-hybridized carbons (Fsp3) is 0.364. The number of amides is 1. The van der Waals surface area contributed by atoms with Crippen LogP contribution in [0.1, 0.15) is 18.9 Å². The zero-order chi connectivity index (χ0) is 12.0. The average Bonchev–Trinajstić information content (AvgIpc) is 2.31. The molecule has 0 aliphatic rings. The number of carbonyl (C=O) groups is 2. The summed E-state index contributed by atoms with van der Waals surface area (Å²) >= 11 is 0. The van der Waals surface area contributed by atoms with Crippen molar-refractivity contribution >= 4 is 17.7 Å². The number of nitrogens with one attached hydrogen (secondary N) is 1. The average molecular weight is 222 g/mol. The van der Waals surface area contributed by atoms with Gasteiger partial charge in [0, 0.05) is 6.20 Å². The van der Waals surface area contributed by atoms with Crippen LogP contribution in [0.3, 0.4) is 0 Å².